The molecule has 2 heterocycles. The summed E-state index contributed by atoms with van der Waals surface area (Å²) in [5.74, 6) is 2.51. The molecular formula is C25H28N4O2. The number of nitrogens with zero attached hydrogens (tertiary/aromatic N) is 4. The summed E-state index contributed by atoms with van der Waals surface area (Å²) >= 11 is 0. The number of benzene rings is 2. The van der Waals surface area contributed by atoms with E-state index in [4.69, 9.17) is 14.7 Å². The fourth-order valence-electron chi connectivity index (χ4n) is 3.79. The lowest BCUT2D eigenvalue weighted by Gasteiger charge is -2.36. The molecule has 1 saturated heterocycles. The second kappa shape index (κ2) is 8.76. The standard InChI is InChI=1S/C25H28N4O2/c1-17-5-7-20(8-6-17)23-26-19(3)18(2)24(27-23)28-13-15-29(16-14-28)25(30)21-9-11-22(31-4)12-10-21/h5-12H,13-16H2,1-4H3. The van der Waals surface area contributed by atoms with Crippen molar-refractivity contribution < 1.29 is 9.53 Å². The number of methoxy groups -OCH3 is 1. The molecule has 0 radical (unpaired) electrons. The van der Waals surface area contributed by atoms with Crippen LogP contribution in [0.2, 0.25) is 0 Å². The third-order valence-electron chi connectivity index (χ3n) is 5.88. The topological polar surface area (TPSA) is 58.6 Å². The summed E-state index contributed by atoms with van der Waals surface area (Å²) in [6, 6.07) is 15.6. The normalized spacial score (nSPS) is 13.9. The van der Waals surface area contributed by atoms with Crippen molar-refractivity contribution in [2.75, 3.05) is 38.2 Å². The zero-order valence-electron chi connectivity index (χ0n) is 18.6. The van der Waals surface area contributed by atoms with Gasteiger partial charge in [0.25, 0.3) is 5.91 Å². The molecule has 0 saturated carbocycles. The van der Waals surface area contributed by atoms with Gasteiger partial charge in [0.2, 0.25) is 0 Å². The predicted octanol–water partition coefficient (Wildman–Crippen LogP) is 4.04. The minimum Gasteiger partial charge on any atom is -0.497 e. The van der Waals surface area contributed by atoms with Crippen molar-refractivity contribution in [3.8, 4) is 17.1 Å². The summed E-state index contributed by atoms with van der Waals surface area (Å²) in [6.45, 7) is 8.97. The van der Waals surface area contributed by atoms with Gasteiger partial charge in [-0.05, 0) is 45.0 Å². The van der Waals surface area contributed by atoms with Crippen LogP contribution in [-0.2, 0) is 0 Å². The smallest absolute Gasteiger partial charge is 0.253 e. The first-order chi connectivity index (χ1) is 15.0. The van der Waals surface area contributed by atoms with Gasteiger partial charge < -0.3 is 14.5 Å². The molecule has 0 atom stereocenters. The fourth-order valence-corrected chi connectivity index (χ4v) is 3.79. The summed E-state index contributed by atoms with van der Waals surface area (Å²) in [7, 11) is 1.62. The Morgan fingerprint density at radius 1 is 0.871 bits per heavy atom. The zero-order chi connectivity index (χ0) is 22.0. The van der Waals surface area contributed by atoms with Crippen molar-refractivity contribution in [3.63, 3.8) is 0 Å². The number of hydrogen-bond donors (Lipinski definition) is 0. The SMILES string of the molecule is COc1ccc(C(=O)N2CCN(c3nc(-c4ccc(C)cc4)nc(C)c3C)CC2)cc1. The summed E-state index contributed by atoms with van der Waals surface area (Å²) in [5, 5.41) is 0. The molecule has 160 valence electrons. The Hall–Kier alpha value is -3.41. The first-order valence-electron chi connectivity index (χ1n) is 10.6. The van der Waals surface area contributed by atoms with Crippen molar-refractivity contribution in [2.24, 2.45) is 0 Å². The second-order valence-corrected chi connectivity index (χ2v) is 7.96. The van der Waals surface area contributed by atoms with Gasteiger partial charge in [0.15, 0.2) is 5.82 Å². The molecule has 0 N–H and O–H groups in total. The number of ether oxygens (including phenoxy) is 1. The van der Waals surface area contributed by atoms with Gasteiger partial charge in [-0.1, -0.05) is 29.8 Å². The maximum absolute atomic E-state index is 12.9. The largest absolute Gasteiger partial charge is 0.497 e. The molecule has 6 nitrogen and oxygen atoms in total. The molecular weight excluding hydrogens is 388 g/mol. The summed E-state index contributed by atoms with van der Waals surface area (Å²) < 4.78 is 5.18. The Morgan fingerprint density at radius 3 is 2.13 bits per heavy atom. The molecule has 1 aliphatic rings. The highest BCUT2D eigenvalue weighted by molar-refractivity contribution is 5.94. The van der Waals surface area contributed by atoms with E-state index in [0.29, 0.717) is 18.7 Å². The predicted molar refractivity (Wildman–Crippen MR) is 123 cm³/mol. The van der Waals surface area contributed by atoms with E-state index in [9.17, 15) is 4.79 Å². The summed E-state index contributed by atoms with van der Waals surface area (Å²) in [5.41, 5.74) is 4.99. The van der Waals surface area contributed by atoms with E-state index in [-0.39, 0.29) is 5.91 Å². The lowest BCUT2D eigenvalue weighted by atomic mass is 10.1. The van der Waals surface area contributed by atoms with Gasteiger partial charge in [-0.2, -0.15) is 0 Å². The Bertz CT molecular complexity index is 1070. The molecule has 1 amide bonds. The van der Waals surface area contributed by atoms with Crippen LogP contribution in [0.5, 0.6) is 5.75 Å². The molecule has 0 bridgehead atoms. The average molecular weight is 417 g/mol. The molecule has 1 aliphatic heterocycles. The molecule has 3 aromatic rings. The van der Waals surface area contributed by atoms with E-state index >= 15 is 0 Å². The quantitative estimate of drug-likeness (QED) is 0.642. The van der Waals surface area contributed by atoms with Crippen molar-refractivity contribution in [1.29, 1.82) is 0 Å². The van der Waals surface area contributed by atoms with Gasteiger partial charge >= 0.3 is 0 Å². The molecule has 0 unspecified atom stereocenters. The molecule has 2 aromatic carbocycles. The number of aromatic nitrogens is 2. The van der Waals surface area contributed by atoms with Gasteiger partial charge in [0.1, 0.15) is 11.6 Å². The van der Waals surface area contributed by atoms with Crippen LogP contribution < -0.4 is 9.64 Å². The number of carbonyl (C=O) groups excluding carboxylic acids is 1. The monoisotopic (exact) mass is 416 g/mol. The summed E-state index contributed by atoms with van der Waals surface area (Å²) in [4.78, 5) is 26.7. The third kappa shape index (κ3) is 4.38. The zero-order valence-corrected chi connectivity index (χ0v) is 18.6. The van der Waals surface area contributed by atoms with Crippen molar-refractivity contribution >= 4 is 11.7 Å². The van der Waals surface area contributed by atoms with Crippen LogP contribution >= 0.6 is 0 Å². The molecule has 31 heavy (non-hydrogen) atoms. The summed E-state index contributed by atoms with van der Waals surface area (Å²) in [6.07, 6.45) is 0. The highest BCUT2D eigenvalue weighted by Gasteiger charge is 2.25. The highest BCUT2D eigenvalue weighted by atomic mass is 16.5. The lowest BCUT2D eigenvalue weighted by Crippen LogP contribution is -2.49. The number of amides is 1. The molecule has 0 aliphatic carbocycles. The molecule has 4 rings (SSSR count). The van der Waals surface area contributed by atoms with E-state index in [2.05, 4.69) is 43.0 Å². The van der Waals surface area contributed by atoms with Crippen LogP contribution in [0.4, 0.5) is 5.82 Å². The maximum atomic E-state index is 12.9. The maximum Gasteiger partial charge on any atom is 0.253 e. The number of hydrogen-bond acceptors (Lipinski definition) is 5. The van der Waals surface area contributed by atoms with Crippen LogP contribution in [0.1, 0.15) is 27.2 Å². The van der Waals surface area contributed by atoms with Gasteiger partial charge in [0, 0.05) is 48.6 Å². The van der Waals surface area contributed by atoms with Gasteiger partial charge in [0.05, 0.1) is 7.11 Å². The first kappa shape index (κ1) is 20.8. The first-order valence-corrected chi connectivity index (χ1v) is 10.6. The Balaban J connectivity index is 1.50. The second-order valence-electron chi connectivity index (χ2n) is 7.96. The minimum absolute atomic E-state index is 0.0539. The number of carbonyl (C=O) groups is 1. The Labute approximate surface area is 183 Å². The number of rotatable bonds is 4. The van der Waals surface area contributed by atoms with Crippen molar-refractivity contribution in [1.82, 2.24) is 14.9 Å². The minimum atomic E-state index is 0.0539. The van der Waals surface area contributed by atoms with Crippen LogP contribution in [0.15, 0.2) is 48.5 Å². The van der Waals surface area contributed by atoms with E-state index in [0.717, 1.165) is 47.3 Å². The molecule has 1 fully saturated rings. The van der Waals surface area contributed by atoms with Crippen LogP contribution in [0, 0.1) is 20.8 Å². The molecule has 1 aromatic heterocycles. The lowest BCUT2D eigenvalue weighted by molar-refractivity contribution is 0.0746. The highest BCUT2D eigenvalue weighted by Crippen LogP contribution is 2.26. The van der Waals surface area contributed by atoms with Gasteiger partial charge in [-0.15, -0.1) is 0 Å². The van der Waals surface area contributed by atoms with E-state index in [1.165, 1.54) is 5.56 Å². The number of anilines is 1. The Morgan fingerprint density at radius 2 is 1.52 bits per heavy atom. The third-order valence-corrected chi connectivity index (χ3v) is 5.88. The van der Waals surface area contributed by atoms with Crippen molar-refractivity contribution in [3.05, 3.63) is 70.9 Å². The van der Waals surface area contributed by atoms with Gasteiger partial charge in [-0.25, -0.2) is 9.97 Å². The van der Waals surface area contributed by atoms with E-state index in [1.54, 1.807) is 7.11 Å². The Kier molecular flexibility index (Phi) is 5.89. The van der Waals surface area contributed by atoms with E-state index in [1.807, 2.05) is 36.1 Å². The van der Waals surface area contributed by atoms with Crippen LogP contribution in [-0.4, -0.2) is 54.1 Å². The fraction of sp³-hybridized carbons (Fsp3) is 0.320. The molecule has 0 spiro atoms. The van der Waals surface area contributed by atoms with E-state index < -0.39 is 0 Å². The number of piperazine rings is 1. The van der Waals surface area contributed by atoms with Crippen LogP contribution in [0.3, 0.4) is 0 Å². The average Bonchev–Trinajstić information content (AvgIpc) is 2.81. The molecule has 6 heteroatoms. The van der Waals surface area contributed by atoms with Crippen molar-refractivity contribution in [2.45, 2.75) is 20.8 Å². The number of aryl methyl sites for hydroxylation is 2. The van der Waals surface area contributed by atoms with Crippen LogP contribution in [0.25, 0.3) is 11.4 Å². The van der Waals surface area contributed by atoms with Gasteiger partial charge in [-0.3, -0.25) is 4.79 Å².